The van der Waals surface area contributed by atoms with E-state index in [1.807, 2.05) is 35.0 Å². The van der Waals surface area contributed by atoms with E-state index in [1.54, 1.807) is 0 Å². The van der Waals surface area contributed by atoms with E-state index in [4.69, 9.17) is 5.73 Å². The average molecular weight is 295 g/mol. The van der Waals surface area contributed by atoms with Crippen molar-refractivity contribution in [2.75, 3.05) is 0 Å². The number of rotatable bonds is 2. The molecule has 1 unspecified atom stereocenters. The highest BCUT2D eigenvalue weighted by Crippen LogP contribution is 2.35. The SMILES string of the molecule is NCc1ccc(-c2cn3c(n2)CC(C(F)(F)F)CC3)cc1. The van der Waals surface area contributed by atoms with Crippen LogP contribution >= 0.6 is 0 Å². The predicted octanol–water partition coefficient (Wildman–Crippen LogP) is 3.13. The number of nitrogens with zero attached hydrogens (tertiary/aromatic N) is 2. The maximum absolute atomic E-state index is 12.8. The largest absolute Gasteiger partial charge is 0.392 e. The summed E-state index contributed by atoms with van der Waals surface area (Å²) < 4.78 is 40.2. The number of hydrogen-bond acceptors (Lipinski definition) is 2. The zero-order chi connectivity index (χ0) is 15.0. The maximum atomic E-state index is 12.8. The fraction of sp³-hybridized carbons (Fsp3) is 0.400. The topological polar surface area (TPSA) is 43.8 Å². The first-order valence-corrected chi connectivity index (χ1v) is 6.89. The summed E-state index contributed by atoms with van der Waals surface area (Å²) in [7, 11) is 0. The highest BCUT2D eigenvalue weighted by molar-refractivity contribution is 5.59. The molecule has 112 valence electrons. The molecule has 0 saturated carbocycles. The van der Waals surface area contributed by atoms with Crippen molar-refractivity contribution in [3.63, 3.8) is 0 Å². The Morgan fingerprint density at radius 1 is 1.24 bits per heavy atom. The predicted molar refractivity (Wildman–Crippen MR) is 73.4 cm³/mol. The van der Waals surface area contributed by atoms with Crippen LogP contribution in [-0.4, -0.2) is 15.7 Å². The van der Waals surface area contributed by atoms with Crippen molar-refractivity contribution < 1.29 is 13.2 Å². The van der Waals surface area contributed by atoms with E-state index >= 15 is 0 Å². The molecule has 0 saturated heterocycles. The first-order valence-electron chi connectivity index (χ1n) is 6.89. The van der Waals surface area contributed by atoms with Crippen LogP contribution in [0.1, 0.15) is 17.8 Å². The van der Waals surface area contributed by atoms with Gasteiger partial charge in [0.1, 0.15) is 5.82 Å². The molecule has 0 aliphatic carbocycles. The van der Waals surface area contributed by atoms with Gasteiger partial charge in [0, 0.05) is 31.3 Å². The number of fused-ring (bicyclic) bond motifs is 1. The molecule has 0 bridgehead atoms. The summed E-state index contributed by atoms with van der Waals surface area (Å²) in [6.45, 7) is 0.834. The number of imidazole rings is 1. The van der Waals surface area contributed by atoms with Gasteiger partial charge >= 0.3 is 6.18 Å². The van der Waals surface area contributed by atoms with E-state index in [0.717, 1.165) is 16.8 Å². The lowest BCUT2D eigenvalue weighted by Crippen LogP contribution is -2.31. The summed E-state index contributed by atoms with van der Waals surface area (Å²) >= 11 is 0. The summed E-state index contributed by atoms with van der Waals surface area (Å²) in [5.74, 6) is -0.763. The molecule has 6 heteroatoms. The van der Waals surface area contributed by atoms with Crippen LogP contribution in [0.2, 0.25) is 0 Å². The van der Waals surface area contributed by atoms with Crippen molar-refractivity contribution in [2.45, 2.75) is 32.1 Å². The van der Waals surface area contributed by atoms with Crippen LogP contribution in [0.25, 0.3) is 11.3 Å². The van der Waals surface area contributed by atoms with Gasteiger partial charge in [-0.15, -0.1) is 0 Å². The summed E-state index contributed by atoms with van der Waals surface area (Å²) in [4.78, 5) is 4.37. The van der Waals surface area contributed by atoms with Crippen LogP contribution in [0.3, 0.4) is 0 Å². The first-order chi connectivity index (χ1) is 9.97. The Balaban J connectivity index is 1.86. The number of halogens is 3. The van der Waals surface area contributed by atoms with Crippen molar-refractivity contribution in [1.29, 1.82) is 0 Å². The van der Waals surface area contributed by atoms with Crippen molar-refractivity contribution >= 4 is 0 Å². The molecular formula is C15H16F3N3. The lowest BCUT2D eigenvalue weighted by Gasteiger charge is -2.25. The van der Waals surface area contributed by atoms with E-state index in [1.165, 1.54) is 0 Å². The number of nitrogens with two attached hydrogens (primary N) is 1. The number of aryl methyl sites for hydroxylation is 1. The Morgan fingerprint density at radius 3 is 2.57 bits per heavy atom. The number of hydrogen-bond donors (Lipinski definition) is 1. The fourth-order valence-corrected chi connectivity index (χ4v) is 2.66. The highest BCUT2D eigenvalue weighted by Gasteiger charge is 2.41. The second-order valence-corrected chi connectivity index (χ2v) is 5.37. The van der Waals surface area contributed by atoms with Crippen molar-refractivity contribution in [3.05, 3.63) is 41.9 Å². The van der Waals surface area contributed by atoms with Gasteiger partial charge in [-0.1, -0.05) is 24.3 Å². The van der Waals surface area contributed by atoms with E-state index < -0.39 is 12.1 Å². The lowest BCUT2D eigenvalue weighted by atomic mass is 9.97. The van der Waals surface area contributed by atoms with E-state index in [2.05, 4.69) is 4.98 Å². The molecule has 21 heavy (non-hydrogen) atoms. The summed E-state index contributed by atoms with van der Waals surface area (Å²) in [5, 5.41) is 0. The third-order valence-electron chi connectivity index (χ3n) is 3.95. The fourth-order valence-electron chi connectivity index (χ4n) is 2.66. The molecule has 1 aromatic carbocycles. The zero-order valence-corrected chi connectivity index (χ0v) is 11.4. The third kappa shape index (κ3) is 2.81. The molecule has 2 heterocycles. The standard InChI is InChI=1S/C15H16F3N3/c16-15(17,18)12-5-6-21-9-13(20-14(21)7-12)11-3-1-10(8-19)2-4-11/h1-4,9,12H,5-8,19H2. The molecule has 1 aliphatic rings. The second-order valence-electron chi connectivity index (χ2n) is 5.37. The molecule has 0 radical (unpaired) electrons. The smallest absolute Gasteiger partial charge is 0.334 e. The quantitative estimate of drug-likeness (QED) is 0.925. The van der Waals surface area contributed by atoms with Gasteiger partial charge in [-0.3, -0.25) is 0 Å². The molecule has 2 N–H and O–H groups in total. The molecule has 2 aromatic rings. The van der Waals surface area contributed by atoms with Gasteiger partial charge in [-0.25, -0.2) is 4.98 Å². The number of alkyl halides is 3. The van der Waals surface area contributed by atoms with Crippen LogP contribution in [0.15, 0.2) is 30.5 Å². The molecular weight excluding hydrogens is 279 g/mol. The van der Waals surface area contributed by atoms with E-state index in [0.29, 0.717) is 18.9 Å². The van der Waals surface area contributed by atoms with Crippen LogP contribution in [0.5, 0.6) is 0 Å². The van der Waals surface area contributed by atoms with E-state index in [-0.39, 0.29) is 12.8 Å². The minimum Gasteiger partial charge on any atom is -0.334 e. The highest BCUT2D eigenvalue weighted by atomic mass is 19.4. The van der Waals surface area contributed by atoms with Gasteiger partial charge in [0.05, 0.1) is 11.6 Å². The lowest BCUT2D eigenvalue weighted by molar-refractivity contribution is -0.179. The Hall–Kier alpha value is -1.82. The summed E-state index contributed by atoms with van der Waals surface area (Å²) in [6, 6.07) is 7.62. The molecule has 0 fully saturated rings. The van der Waals surface area contributed by atoms with Gasteiger partial charge in [0.25, 0.3) is 0 Å². The normalized spacial score (nSPS) is 18.6. The molecule has 3 rings (SSSR count). The zero-order valence-electron chi connectivity index (χ0n) is 11.4. The number of benzene rings is 1. The molecule has 1 aliphatic heterocycles. The second kappa shape index (κ2) is 5.18. The van der Waals surface area contributed by atoms with Crippen LogP contribution in [0.4, 0.5) is 13.2 Å². The van der Waals surface area contributed by atoms with Gasteiger partial charge in [0.15, 0.2) is 0 Å². The Bertz CT molecular complexity index is 629. The monoisotopic (exact) mass is 295 g/mol. The van der Waals surface area contributed by atoms with Gasteiger partial charge < -0.3 is 10.3 Å². The van der Waals surface area contributed by atoms with Gasteiger partial charge in [0.2, 0.25) is 0 Å². The Labute approximate surface area is 120 Å². The first kappa shape index (κ1) is 14.1. The van der Waals surface area contributed by atoms with Crippen LogP contribution in [0, 0.1) is 5.92 Å². The van der Waals surface area contributed by atoms with Gasteiger partial charge in [-0.2, -0.15) is 13.2 Å². The third-order valence-corrected chi connectivity index (χ3v) is 3.95. The molecule has 0 amide bonds. The Morgan fingerprint density at radius 2 is 1.95 bits per heavy atom. The summed E-state index contributed by atoms with van der Waals surface area (Å²) in [6.07, 6.45) is -2.22. The van der Waals surface area contributed by atoms with Crippen molar-refractivity contribution in [3.8, 4) is 11.3 Å². The molecule has 1 atom stereocenters. The minimum atomic E-state index is -4.14. The maximum Gasteiger partial charge on any atom is 0.392 e. The Kier molecular flexibility index (Phi) is 3.49. The van der Waals surface area contributed by atoms with Gasteiger partial charge in [-0.05, 0) is 12.0 Å². The average Bonchev–Trinajstić information content (AvgIpc) is 2.89. The number of aromatic nitrogens is 2. The van der Waals surface area contributed by atoms with Crippen LogP contribution < -0.4 is 5.73 Å². The minimum absolute atomic E-state index is 0.0373. The molecule has 0 spiro atoms. The van der Waals surface area contributed by atoms with E-state index in [9.17, 15) is 13.2 Å². The van der Waals surface area contributed by atoms with Crippen molar-refractivity contribution in [1.82, 2.24) is 9.55 Å². The van der Waals surface area contributed by atoms with Crippen LogP contribution in [-0.2, 0) is 19.5 Å². The summed E-state index contributed by atoms with van der Waals surface area (Å²) in [5.41, 5.74) is 8.18. The van der Waals surface area contributed by atoms with Crippen molar-refractivity contribution in [2.24, 2.45) is 11.7 Å². The molecule has 3 nitrogen and oxygen atoms in total. The molecule has 1 aromatic heterocycles.